The topological polar surface area (TPSA) is 99.2 Å². The van der Waals surface area contributed by atoms with Crippen LogP contribution in [0.3, 0.4) is 0 Å². The van der Waals surface area contributed by atoms with Crippen molar-refractivity contribution in [2.24, 2.45) is 7.05 Å². The van der Waals surface area contributed by atoms with Crippen LogP contribution in [0.4, 0.5) is 10.3 Å². The Bertz CT molecular complexity index is 1350. The molecular formula is C23H21FN6O3. The summed E-state index contributed by atoms with van der Waals surface area (Å²) in [6.07, 6.45) is 2.36. The van der Waals surface area contributed by atoms with E-state index in [0.29, 0.717) is 37.4 Å². The minimum absolute atomic E-state index is 0.226. The third-order valence-corrected chi connectivity index (χ3v) is 5.56. The molecule has 5 rings (SSSR count). The number of benzene rings is 1. The van der Waals surface area contributed by atoms with E-state index in [-0.39, 0.29) is 22.9 Å². The zero-order valence-corrected chi connectivity index (χ0v) is 18.1. The molecule has 1 aliphatic rings. The average Bonchev–Trinajstić information content (AvgIpc) is 3.27. The Kier molecular flexibility index (Phi) is 5.43. The fraction of sp³-hybridized carbons (Fsp3) is 0.261. The Morgan fingerprint density at radius 1 is 1.15 bits per heavy atom. The summed E-state index contributed by atoms with van der Waals surface area (Å²) in [5.41, 5.74) is 2.04. The zero-order valence-electron chi connectivity index (χ0n) is 18.1. The van der Waals surface area contributed by atoms with Crippen molar-refractivity contribution < 1.29 is 13.5 Å². The molecule has 3 aromatic heterocycles. The van der Waals surface area contributed by atoms with Crippen LogP contribution in [0.2, 0.25) is 0 Å². The van der Waals surface area contributed by atoms with Crippen molar-refractivity contribution >= 4 is 5.95 Å². The Balaban J connectivity index is 1.42. The van der Waals surface area contributed by atoms with E-state index in [2.05, 4.69) is 20.2 Å². The van der Waals surface area contributed by atoms with Crippen molar-refractivity contribution in [1.82, 2.24) is 24.7 Å². The van der Waals surface area contributed by atoms with Crippen molar-refractivity contribution in [1.29, 1.82) is 0 Å². The standard InChI is InChI=1S/C23H21FN6O3/c1-14-27-28-22(33-14)16-5-3-15(4-6-16)20-13-30(9-10-32-20)23-26-19(11-21(31)29(23)2)17-7-8-25-12-18(17)24/h3-8,11-12,20H,9-10,13H2,1-2H3/t20-/m1/s1. The van der Waals surface area contributed by atoms with E-state index in [0.717, 1.165) is 17.3 Å². The third kappa shape index (κ3) is 4.12. The van der Waals surface area contributed by atoms with E-state index >= 15 is 0 Å². The molecule has 0 bridgehead atoms. The van der Waals surface area contributed by atoms with Gasteiger partial charge in [-0.2, -0.15) is 0 Å². The number of halogens is 1. The number of morpholine rings is 1. The fourth-order valence-electron chi connectivity index (χ4n) is 3.82. The van der Waals surface area contributed by atoms with Gasteiger partial charge in [-0.05, 0) is 23.8 Å². The van der Waals surface area contributed by atoms with Gasteiger partial charge in [-0.1, -0.05) is 12.1 Å². The molecule has 0 N–H and O–H groups in total. The van der Waals surface area contributed by atoms with Crippen LogP contribution in [-0.4, -0.2) is 44.4 Å². The Morgan fingerprint density at radius 2 is 1.97 bits per heavy atom. The van der Waals surface area contributed by atoms with Gasteiger partial charge in [-0.3, -0.25) is 14.3 Å². The first kappa shape index (κ1) is 21.0. The second-order valence-electron chi connectivity index (χ2n) is 7.75. The Hall–Kier alpha value is -3.92. The van der Waals surface area contributed by atoms with Gasteiger partial charge in [-0.15, -0.1) is 10.2 Å². The molecule has 0 saturated carbocycles. The van der Waals surface area contributed by atoms with Crippen LogP contribution in [0.25, 0.3) is 22.7 Å². The second kappa shape index (κ2) is 8.55. The molecule has 0 radical (unpaired) electrons. The van der Waals surface area contributed by atoms with E-state index < -0.39 is 5.82 Å². The number of anilines is 1. The van der Waals surface area contributed by atoms with Gasteiger partial charge in [0.1, 0.15) is 6.10 Å². The normalized spacial score (nSPS) is 16.2. The summed E-state index contributed by atoms with van der Waals surface area (Å²) >= 11 is 0. The van der Waals surface area contributed by atoms with Gasteiger partial charge in [0.25, 0.3) is 5.56 Å². The van der Waals surface area contributed by atoms with Gasteiger partial charge in [0.2, 0.25) is 17.7 Å². The van der Waals surface area contributed by atoms with Crippen molar-refractivity contribution in [2.45, 2.75) is 13.0 Å². The smallest absolute Gasteiger partial charge is 0.255 e. The molecule has 10 heteroatoms. The first-order chi connectivity index (χ1) is 16.0. The molecule has 1 saturated heterocycles. The maximum atomic E-state index is 14.3. The SMILES string of the molecule is Cc1nnc(-c2ccc([C@H]3CN(c4nc(-c5ccncc5F)cc(=O)n4C)CCO3)cc2)o1. The van der Waals surface area contributed by atoms with E-state index in [1.807, 2.05) is 29.2 Å². The molecule has 0 amide bonds. The number of aryl methyl sites for hydroxylation is 1. The molecule has 9 nitrogen and oxygen atoms in total. The largest absolute Gasteiger partial charge is 0.421 e. The van der Waals surface area contributed by atoms with E-state index in [1.54, 1.807) is 14.0 Å². The van der Waals surface area contributed by atoms with Crippen LogP contribution in [0.1, 0.15) is 17.6 Å². The molecule has 168 valence electrons. The van der Waals surface area contributed by atoms with Gasteiger partial charge in [0.05, 0.1) is 25.0 Å². The molecule has 0 unspecified atom stereocenters. The van der Waals surface area contributed by atoms with Crippen LogP contribution < -0.4 is 10.5 Å². The van der Waals surface area contributed by atoms with E-state index in [4.69, 9.17) is 9.15 Å². The number of nitrogens with zero attached hydrogens (tertiary/aromatic N) is 6. The lowest BCUT2D eigenvalue weighted by atomic mass is 10.1. The number of hydrogen-bond donors (Lipinski definition) is 0. The predicted molar refractivity (Wildman–Crippen MR) is 118 cm³/mol. The number of aromatic nitrogens is 5. The summed E-state index contributed by atoms with van der Waals surface area (Å²) in [4.78, 5) is 23.0. The summed E-state index contributed by atoms with van der Waals surface area (Å²) in [5, 5.41) is 7.90. The summed E-state index contributed by atoms with van der Waals surface area (Å²) < 4.78 is 27.2. The highest BCUT2D eigenvalue weighted by Crippen LogP contribution is 2.28. The van der Waals surface area contributed by atoms with Crippen molar-refractivity contribution in [3.8, 4) is 22.7 Å². The number of hydrogen-bond acceptors (Lipinski definition) is 8. The lowest BCUT2D eigenvalue weighted by Gasteiger charge is -2.34. The fourth-order valence-corrected chi connectivity index (χ4v) is 3.82. The number of rotatable bonds is 4. The van der Waals surface area contributed by atoms with Gasteiger partial charge in [0, 0.05) is 43.9 Å². The number of ether oxygens (including phenoxy) is 1. The monoisotopic (exact) mass is 448 g/mol. The summed E-state index contributed by atoms with van der Waals surface area (Å²) in [6.45, 7) is 3.24. The van der Waals surface area contributed by atoms with Crippen LogP contribution in [0, 0.1) is 12.7 Å². The molecule has 1 aromatic carbocycles. The molecule has 1 fully saturated rings. The highest BCUT2D eigenvalue weighted by molar-refractivity contribution is 5.60. The van der Waals surface area contributed by atoms with Gasteiger partial charge < -0.3 is 14.1 Å². The molecule has 4 aromatic rings. The van der Waals surface area contributed by atoms with E-state index in [1.165, 1.54) is 22.9 Å². The van der Waals surface area contributed by atoms with Crippen molar-refractivity contribution in [3.63, 3.8) is 0 Å². The van der Waals surface area contributed by atoms with Crippen LogP contribution >= 0.6 is 0 Å². The third-order valence-electron chi connectivity index (χ3n) is 5.56. The van der Waals surface area contributed by atoms with Crippen molar-refractivity contribution in [2.75, 3.05) is 24.6 Å². The van der Waals surface area contributed by atoms with Crippen LogP contribution in [0.15, 0.2) is 58.0 Å². The molecule has 1 atom stereocenters. The highest BCUT2D eigenvalue weighted by atomic mass is 19.1. The maximum Gasteiger partial charge on any atom is 0.255 e. The second-order valence-corrected chi connectivity index (χ2v) is 7.75. The highest BCUT2D eigenvalue weighted by Gasteiger charge is 2.25. The lowest BCUT2D eigenvalue weighted by molar-refractivity contribution is 0.0390. The Labute approximate surface area is 188 Å². The molecule has 4 heterocycles. The first-order valence-electron chi connectivity index (χ1n) is 10.4. The predicted octanol–water partition coefficient (Wildman–Crippen LogP) is 2.92. The molecule has 0 aliphatic carbocycles. The quantitative estimate of drug-likeness (QED) is 0.470. The zero-order chi connectivity index (χ0) is 22.9. The summed E-state index contributed by atoms with van der Waals surface area (Å²) in [6, 6.07) is 10.6. The summed E-state index contributed by atoms with van der Waals surface area (Å²) in [5.74, 6) is 0.900. The van der Waals surface area contributed by atoms with Crippen LogP contribution in [0.5, 0.6) is 0 Å². The van der Waals surface area contributed by atoms with Crippen molar-refractivity contribution in [3.05, 3.63) is 76.4 Å². The van der Waals surface area contributed by atoms with Gasteiger partial charge >= 0.3 is 0 Å². The lowest BCUT2D eigenvalue weighted by Crippen LogP contribution is -2.41. The minimum Gasteiger partial charge on any atom is -0.421 e. The maximum absolute atomic E-state index is 14.3. The first-order valence-corrected chi connectivity index (χ1v) is 10.4. The molecule has 33 heavy (non-hydrogen) atoms. The molecule has 0 spiro atoms. The number of pyridine rings is 1. The van der Waals surface area contributed by atoms with E-state index in [9.17, 15) is 9.18 Å². The molecular weight excluding hydrogens is 427 g/mol. The summed E-state index contributed by atoms with van der Waals surface area (Å²) in [7, 11) is 1.66. The average molecular weight is 448 g/mol. The van der Waals surface area contributed by atoms with Gasteiger partial charge in [0.15, 0.2) is 5.82 Å². The van der Waals surface area contributed by atoms with Crippen LogP contribution in [-0.2, 0) is 11.8 Å². The minimum atomic E-state index is -0.527. The Morgan fingerprint density at radius 3 is 2.70 bits per heavy atom. The van der Waals surface area contributed by atoms with Gasteiger partial charge in [-0.25, -0.2) is 9.37 Å². The molecule has 1 aliphatic heterocycles.